The van der Waals surface area contributed by atoms with E-state index in [2.05, 4.69) is 16.4 Å². The van der Waals surface area contributed by atoms with Crippen LogP contribution in [0, 0.1) is 17.1 Å². The molecule has 3 heterocycles. The summed E-state index contributed by atoms with van der Waals surface area (Å²) in [6.07, 6.45) is 4.92. The number of halogens is 1. The van der Waals surface area contributed by atoms with Crippen molar-refractivity contribution in [3.63, 3.8) is 0 Å². The maximum absolute atomic E-state index is 13.8. The zero-order valence-corrected chi connectivity index (χ0v) is 18.1. The molecule has 0 aliphatic carbocycles. The topological polar surface area (TPSA) is 83.2 Å². The van der Waals surface area contributed by atoms with Crippen LogP contribution in [0.4, 0.5) is 4.39 Å². The Hall–Kier alpha value is -3.70. The van der Waals surface area contributed by atoms with Crippen LogP contribution in [0.2, 0.25) is 0 Å². The molecular weight excluding hydrogens is 421 g/mol. The molecule has 1 saturated heterocycles. The molecule has 1 N–H and O–H groups in total. The highest BCUT2D eigenvalue weighted by atomic mass is 19.1. The van der Waals surface area contributed by atoms with Gasteiger partial charge in [-0.2, -0.15) is 5.26 Å². The van der Waals surface area contributed by atoms with Gasteiger partial charge in [-0.25, -0.2) is 9.37 Å². The van der Waals surface area contributed by atoms with Gasteiger partial charge in [-0.1, -0.05) is 12.1 Å². The van der Waals surface area contributed by atoms with Gasteiger partial charge in [-0.05, 0) is 42.3 Å². The van der Waals surface area contributed by atoms with E-state index in [0.717, 1.165) is 16.8 Å². The van der Waals surface area contributed by atoms with Gasteiger partial charge in [0.15, 0.2) is 0 Å². The number of likely N-dealkylation sites (tertiary alicyclic amines) is 1. The van der Waals surface area contributed by atoms with E-state index in [1.807, 2.05) is 21.6 Å². The fraction of sp³-hybridized carbons (Fsp3) is 0.320. The van der Waals surface area contributed by atoms with E-state index < -0.39 is 0 Å². The van der Waals surface area contributed by atoms with Crippen molar-refractivity contribution in [1.29, 1.82) is 5.26 Å². The summed E-state index contributed by atoms with van der Waals surface area (Å²) in [5, 5.41) is 12.3. The Bertz CT molecular complexity index is 1200. The van der Waals surface area contributed by atoms with E-state index in [4.69, 9.17) is 10.00 Å². The van der Waals surface area contributed by atoms with Crippen molar-refractivity contribution < 1.29 is 13.9 Å². The minimum absolute atomic E-state index is 0.0373. The van der Waals surface area contributed by atoms with Gasteiger partial charge in [0.2, 0.25) is 5.91 Å². The summed E-state index contributed by atoms with van der Waals surface area (Å²) in [6.45, 7) is 2.29. The third kappa shape index (κ3) is 4.32. The van der Waals surface area contributed by atoms with Crippen LogP contribution < -0.4 is 10.1 Å². The van der Waals surface area contributed by atoms with Crippen LogP contribution in [-0.2, 0) is 17.9 Å². The molecule has 1 fully saturated rings. The number of nitrogens with zero attached hydrogens (tertiary/aromatic N) is 4. The first-order chi connectivity index (χ1) is 16.1. The van der Waals surface area contributed by atoms with E-state index in [0.29, 0.717) is 50.4 Å². The van der Waals surface area contributed by atoms with E-state index in [1.165, 1.54) is 12.1 Å². The van der Waals surface area contributed by atoms with Gasteiger partial charge in [-0.15, -0.1) is 0 Å². The first-order valence-corrected chi connectivity index (χ1v) is 11.1. The Morgan fingerprint density at radius 1 is 1.21 bits per heavy atom. The molecule has 0 radical (unpaired) electrons. The van der Waals surface area contributed by atoms with Gasteiger partial charge in [0.1, 0.15) is 11.6 Å². The number of rotatable bonds is 6. The SMILES string of the molecule is N#Cc1ccc(Cn2cncc2CN[C@H]2CCN([C@@H]3CCOc4ccc(F)cc43)C2=O)cc1. The molecule has 7 nitrogen and oxygen atoms in total. The Balaban J connectivity index is 1.23. The lowest BCUT2D eigenvalue weighted by molar-refractivity contribution is -0.132. The molecule has 3 aromatic rings. The fourth-order valence-electron chi connectivity index (χ4n) is 4.62. The number of benzene rings is 2. The maximum atomic E-state index is 13.8. The molecule has 0 spiro atoms. The minimum Gasteiger partial charge on any atom is -0.493 e. The average molecular weight is 445 g/mol. The standard InChI is InChI=1S/C25H24FN5O2/c26-19-5-6-24-21(11-19)23(8-10-33-24)31-9-7-22(25(31)32)29-14-20-13-28-16-30(20)15-18-3-1-17(12-27)2-4-18/h1-6,11,13,16,22-23,29H,7-10,14-15H2/t22-,23+/m0/s1. The smallest absolute Gasteiger partial charge is 0.240 e. The van der Waals surface area contributed by atoms with Gasteiger partial charge in [0.25, 0.3) is 0 Å². The molecule has 1 amide bonds. The zero-order valence-electron chi connectivity index (χ0n) is 18.1. The molecule has 0 unspecified atom stereocenters. The van der Waals surface area contributed by atoms with Gasteiger partial charge in [0.05, 0.1) is 42.3 Å². The van der Waals surface area contributed by atoms with Crippen LogP contribution in [0.1, 0.15) is 41.3 Å². The maximum Gasteiger partial charge on any atom is 0.240 e. The fourth-order valence-corrected chi connectivity index (χ4v) is 4.62. The molecule has 0 bridgehead atoms. The quantitative estimate of drug-likeness (QED) is 0.630. The molecule has 33 heavy (non-hydrogen) atoms. The molecular formula is C25H24FN5O2. The number of ether oxygens (including phenoxy) is 1. The predicted octanol–water partition coefficient (Wildman–Crippen LogP) is 3.16. The first kappa shape index (κ1) is 21.2. The molecule has 168 valence electrons. The summed E-state index contributed by atoms with van der Waals surface area (Å²) < 4.78 is 21.5. The molecule has 5 rings (SSSR count). The highest BCUT2D eigenvalue weighted by Crippen LogP contribution is 2.38. The second-order valence-electron chi connectivity index (χ2n) is 8.41. The third-order valence-electron chi connectivity index (χ3n) is 6.36. The number of carbonyl (C=O) groups is 1. The predicted molar refractivity (Wildman–Crippen MR) is 119 cm³/mol. The lowest BCUT2D eigenvalue weighted by atomic mass is 9.99. The van der Waals surface area contributed by atoms with E-state index >= 15 is 0 Å². The molecule has 2 atom stereocenters. The molecule has 2 aliphatic rings. The number of hydrogen-bond acceptors (Lipinski definition) is 5. The van der Waals surface area contributed by atoms with Crippen LogP contribution in [0.5, 0.6) is 5.75 Å². The van der Waals surface area contributed by atoms with Crippen LogP contribution >= 0.6 is 0 Å². The van der Waals surface area contributed by atoms with Crippen molar-refractivity contribution in [2.24, 2.45) is 0 Å². The van der Waals surface area contributed by atoms with Crippen molar-refractivity contribution in [3.8, 4) is 11.8 Å². The summed E-state index contributed by atoms with van der Waals surface area (Å²) in [7, 11) is 0. The lowest BCUT2D eigenvalue weighted by Crippen LogP contribution is -2.40. The van der Waals surface area contributed by atoms with Crippen LogP contribution in [0.3, 0.4) is 0 Å². The average Bonchev–Trinajstić information content (AvgIpc) is 3.43. The molecule has 8 heteroatoms. The van der Waals surface area contributed by atoms with Gasteiger partial charge >= 0.3 is 0 Å². The Morgan fingerprint density at radius 2 is 2.06 bits per heavy atom. The number of amides is 1. The second-order valence-corrected chi connectivity index (χ2v) is 8.41. The van der Waals surface area contributed by atoms with Crippen molar-refractivity contribution in [3.05, 3.63) is 83.2 Å². The van der Waals surface area contributed by atoms with E-state index in [1.54, 1.807) is 30.7 Å². The summed E-state index contributed by atoms with van der Waals surface area (Å²) in [6, 6.07) is 13.7. The number of imidazole rings is 1. The summed E-state index contributed by atoms with van der Waals surface area (Å²) in [5.41, 5.74) is 3.42. The number of nitrogens with one attached hydrogen (secondary N) is 1. The Labute approximate surface area is 191 Å². The summed E-state index contributed by atoms with van der Waals surface area (Å²) >= 11 is 0. The number of nitriles is 1. The zero-order chi connectivity index (χ0) is 22.8. The monoisotopic (exact) mass is 445 g/mol. The Morgan fingerprint density at radius 3 is 2.88 bits per heavy atom. The van der Waals surface area contributed by atoms with Crippen molar-refractivity contribution in [1.82, 2.24) is 19.8 Å². The number of hydrogen-bond donors (Lipinski definition) is 1. The normalized spacial score (nSPS) is 19.8. The number of carbonyl (C=O) groups excluding carboxylic acids is 1. The van der Waals surface area contributed by atoms with Gasteiger partial charge < -0.3 is 19.5 Å². The lowest BCUT2D eigenvalue weighted by Gasteiger charge is -2.33. The van der Waals surface area contributed by atoms with Crippen LogP contribution in [-0.4, -0.2) is 39.6 Å². The van der Waals surface area contributed by atoms with Gasteiger partial charge in [-0.3, -0.25) is 4.79 Å². The van der Waals surface area contributed by atoms with E-state index in [-0.39, 0.29) is 23.8 Å². The molecule has 2 aliphatic heterocycles. The van der Waals surface area contributed by atoms with Crippen LogP contribution in [0.15, 0.2) is 55.0 Å². The largest absolute Gasteiger partial charge is 0.493 e. The second kappa shape index (κ2) is 9.04. The van der Waals surface area contributed by atoms with Crippen molar-refractivity contribution >= 4 is 5.91 Å². The van der Waals surface area contributed by atoms with Crippen LogP contribution in [0.25, 0.3) is 0 Å². The Kier molecular flexibility index (Phi) is 5.80. The third-order valence-corrected chi connectivity index (χ3v) is 6.36. The highest BCUT2D eigenvalue weighted by Gasteiger charge is 2.38. The molecule has 1 aromatic heterocycles. The minimum atomic E-state index is -0.318. The van der Waals surface area contributed by atoms with Crippen molar-refractivity contribution in [2.75, 3.05) is 13.2 Å². The van der Waals surface area contributed by atoms with Gasteiger partial charge in [0, 0.05) is 37.8 Å². The summed E-state index contributed by atoms with van der Waals surface area (Å²) in [4.78, 5) is 19.3. The molecule has 2 aromatic carbocycles. The number of fused-ring (bicyclic) bond motifs is 1. The van der Waals surface area contributed by atoms with E-state index in [9.17, 15) is 9.18 Å². The molecule has 0 saturated carbocycles. The number of aromatic nitrogens is 2. The highest BCUT2D eigenvalue weighted by molar-refractivity contribution is 5.84. The van der Waals surface area contributed by atoms with Crippen molar-refractivity contribution in [2.45, 2.75) is 38.0 Å². The summed E-state index contributed by atoms with van der Waals surface area (Å²) in [5.74, 6) is 0.375. The first-order valence-electron chi connectivity index (χ1n) is 11.1.